The van der Waals surface area contributed by atoms with Crippen LogP contribution in [0.25, 0.3) is 0 Å². The second kappa shape index (κ2) is 4.14. The van der Waals surface area contributed by atoms with Crippen LogP contribution in [0.3, 0.4) is 0 Å². The van der Waals surface area contributed by atoms with Crippen LogP contribution in [0, 0.1) is 13.8 Å². The van der Waals surface area contributed by atoms with Crippen molar-refractivity contribution in [3.8, 4) is 0 Å². The molecule has 4 heteroatoms. The van der Waals surface area contributed by atoms with E-state index >= 15 is 0 Å². The second-order valence-corrected chi connectivity index (χ2v) is 4.17. The van der Waals surface area contributed by atoms with Gasteiger partial charge < -0.3 is 10.2 Å². The first-order valence-corrected chi connectivity index (χ1v) is 5.42. The fourth-order valence-electron chi connectivity index (χ4n) is 2.02. The van der Waals surface area contributed by atoms with Gasteiger partial charge in [0, 0.05) is 30.9 Å². The Morgan fingerprint density at radius 1 is 1.40 bits per heavy atom. The molecule has 82 valence electrons. The van der Waals surface area contributed by atoms with Crippen molar-refractivity contribution < 1.29 is 0 Å². The summed E-state index contributed by atoms with van der Waals surface area (Å²) < 4.78 is 0. The predicted octanol–water partition coefficient (Wildman–Crippen LogP) is 0.892. The highest BCUT2D eigenvalue weighted by Crippen LogP contribution is 2.20. The van der Waals surface area contributed by atoms with Crippen LogP contribution in [0.1, 0.15) is 17.7 Å². The van der Waals surface area contributed by atoms with Crippen LogP contribution in [0.2, 0.25) is 0 Å². The molecule has 0 aliphatic carbocycles. The van der Waals surface area contributed by atoms with Gasteiger partial charge in [-0.15, -0.1) is 0 Å². The van der Waals surface area contributed by atoms with Crippen molar-refractivity contribution in [3.63, 3.8) is 0 Å². The zero-order chi connectivity index (χ0) is 10.8. The third kappa shape index (κ3) is 1.95. The second-order valence-electron chi connectivity index (χ2n) is 4.17. The van der Waals surface area contributed by atoms with E-state index in [0.29, 0.717) is 6.04 Å². The van der Waals surface area contributed by atoms with E-state index in [1.807, 2.05) is 6.92 Å². The van der Waals surface area contributed by atoms with Crippen molar-refractivity contribution in [1.82, 2.24) is 15.3 Å². The van der Waals surface area contributed by atoms with Gasteiger partial charge in [0.05, 0.1) is 0 Å². The van der Waals surface area contributed by atoms with Crippen molar-refractivity contribution in [3.05, 3.63) is 17.6 Å². The Morgan fingerprint density at radius 2 is 2.20 bits per heavy atom. The summed E-state index contributed by atoms with van der Waals surface area (Å²) in [5.41, 5.74) is 2.25. The lowest BCUT2D eigenvalue weighted by atomic mass is 10.2. The Balaban J connectivity index is 2.24. The summed E-state index contributed by atoms with van der Waals surface area (Å²) in [5, 5.41) is 3.37. The number of likely N-dealkylation sites (N-methyl/N-ethyl adjacent to an activating group) is 1. The number of anilines is 1. The lowest BCUT2D eigenvalue weighted by Crippen LogP contribution is -2.34. The number of nitrogens with zero attached hydrogens (tertiary/aromatic N) is 3. The number of nitrogens with one attached hydrogen (secondary N) is 1. The summed E-state index contributed by atoms with van der Waals surface area (Å²) in [4.78, 5) is 10.8. The normalized spacial score (nSPS) is 20.6. The first-order chi connectivity index (χ1) is 7.20. The number of rotatable bonds is 2. The molecule has 0 bridgehead atoms. The summed E-state index contributed by atoms with van der Waals surface area (Å²) in [6.45, 7) is 6.28. The largest absolute Gasteiger partial charge is 0.355 e. The van der Waals surface area contributed by atoms with Gasteiger partial charge in [-0.2, -0.15) is 0 Å². The highest BCUT2D eigenvalue weighted by molar-refractivity contribution is 5.47. The van der Waals surface area contributed by atoms with Crippen molar-refractivity contribution in [2.45, 2.75) is 26.3 Å². The lowest BCUT2D eigenvalue weighted by Gasteiger charge is -2.26. The number of hydrogen-bond acceptors (Lipinski definition) is 4. The van der Waals surface area contributed by atoms with Crippen LogP contribution in [-0.4, -0.2) is 36.1 Å². The van der Waals surface area contributed by atoms with Gasteiger partial charge in [-0.1, -0.05) is 0 Å². The maximum absolute atomic E-state index is 4.37. The topological polar surface area (TPSA) is 41.1 Å². The van der Waals surface area contributed by atoms with E-state index in [1.165, 1.54) is 12.0 Å². The van der Waals surface area contributed by atoms with E-state index in [4.69, 9.17) is 0 Å². The molecule has 0 aromatic carbocycles. The van der Waals surface area contributed by atoms with E-state index in [-0.39, 0.29) is 0 Å². The molecule has 0 radical (unpaired) electrons. The first kappa shape index (κ1) is 10.4. The molecule has 0 spiro atoms. The van der Waals surface area contributed by atoms with Crippen LogP contribution in [0.4, 0.5) is 5.82 Å². The molecule has 4 nitrogen and oxygen atoms in total. The fraction of sp³-hybridized carbons (Fsp3) is 0.636. The van der Waals surface area contributed by atoms with Crippen LogP contribution in [-0.2, 0) is 0 Å². The highest BCUT2D eigenvalue weighted by Gasteiger charge is 2.21. The quantitative estimate of drug-likeness (QED) is 0.780. The summed E-state index contributed by atoms with van der Waals surface area (Å²) >= 11 is 0. The molecule has 1 atom stereocenters. The summed E-state index contributed by atoms with van der Waals surface area (Å²) in [6.07, 6.45) is 2.84. The SMILES string of the molecule is Cc1ncnc(N(C)C2CCNC2)c1C. The molecule has 1 N–H and O–H groups in total. The molecule has 1 aromatic rings. The zero-order valence-electron chi connectivity index (χ0n) is 9.62. The Hall–Kier alpha value is -1.16. The molecule has 1 aromatic heterocycles. The van der Waals surface area contributed by atoms with Crippen molar-refractivity contribution in [1.29, 1.82) is 0 Å². The van der Waals surface area contributed by atoms with E-state index in [0.717, 1.165) is 24.6 Å². The Labute approximate surface area is 90.7 Å². The molecular formula is C11H18N4. The molecule has 0 amide bonds. The average Bonchev–Trinajstić information content (AvgIpc) is 2.74. The highest BCUT2D eigenvalue weighted by atomic mass is 15.2. The van der Waals surface area contributed by atoms with Crippen molar-refractivity contribution in [2.24, 2.45) is 0 Å². The van der Waals surface area contributed by atoms with Gasteiger partial charge in [-0.25, -0.2) is 9.97 Å². The van der Waals surface area contributed by atoms with Gasteiger partial charge in [0.15, 0.2) is 0 Å². The Bertz CT molecular complexity index is 344. The summed E-state index contributed by atoms with van der Waals surface area (Å²) in [7, 11) is 2.12. The van der Waals surface area contributed by atoms with E-state index in [1.54, 1.807) is 6.33 Å². The minimum atomic E-state index is 0.568. The number of aryl methyl sites for hydroxylation is 1. The standard InChI is InChI=1S/C11H18N4/c1-8-9(2)13-7-14-11(8)15(3)10-4-5-12-6-10/h7,10,12H,4-6H2,1-3H3. The molecule has 2 heterocycles. The van der Waals surface area contributed by atoms with Gasteiger partial charge in [-0.3, -0.25) is 0 Å². The first-order valence-electron chi connectivity index (χ1n) is 5.42. The maximum Gasteiger partial charge on any atom is 0.135 e. The molecule has 2 rings (SSSR count). The molecule has 15 heavy (non-hydrogen) atoms. The van der Waals surface area contributed by atoms with Crippen molar-refractivity contribution >= 4 is 5.82 Å². The van der Waals surface area contributed by atoms with Gasteiger partial charge in [0.1, 0.15) is 12.1 Å². The van der Waals surface area contributed by atoms with Crippen LogP contribution in [0.5, 0.6) is 0 Å². The Morgan fingerprint density at radius 3 is 2.87 bits per heavy atom. The molecule has 0 saturated carbocycles. The van der Waals surface area contributed by atoms with Crippen LogP contribution in [0.15, 0.2) is 6.33 Å². The van der Waals surface area contributed by atoms with E-state index < -0.39 is 0 Å². The predicted molar refractivity (Wildman–Crippen MR) is 61.2 cm³/mol. The van der Waals surface area contributed by atoms with E-state index in [2.05, 4.69) is 34.2 Å². The van der Waals surface area contributed by atoms with E-state index in [9.17, 15) is 0 Å². The smallest absolute Gasteiger partial charge is 0.135 e. The van der Waals surface area contributed by atoms with Gasteiger partial charge in [0.2, 0.25) is 0 Å². The molecule has 1 aliphatic heterocycles. The maximum atomic E-state index is 4.37. The monoisotopic (exact) mass is 206 g/mol. The third-order valence-corrected chi connectivity index (χ3v) is 3.23. The van der Waals surface area contributed by atoms with Gasteiger partial charge >= 0.3 is 0 Å². The minimum Gasteiger partial charge on any atom is -0.355 e. The van der Waals surface area contributed by atoms with Crippen LogP contribution < -0.4 is 10.2 Å². The molecular weight excluding hydrogens is 188 g/mol. The zero-order valence-corrected chi connectivity index (χ0v) is 9.62. The molecule has 1 unspecified atom stereocenters. The lowest BCUT2D eigenvalue weighted by molar-refractivity contribution is 0.674. The number of aromatic nitrogens is 2. The average molecular weight is 206 g/mol. The molecule has 1 aliphatic rings. The van der Waals surface area contributed by atoms with Gasteiger partial charge in [0.25, 0.3) is 0 Å². The Kier molecular flexibility index (Phi) is 2.86. The molecule has 1 fully saturated rings. The summed E-state index contributed by atoms with van der Waals surface area (Å²) in [6, 6.07) is 0.568. The third-order valence-electron chi connectivity index (χ3n) is 3.23. The fourth-order valence-corrected chi connectivity index (χ4v) is 2.02. The minimum absolute atomic E-state index is 0.568. The molecule has 1 saturated heterocycles. The van der Waals surface area contributed by atoms with Crippen LogP contribution >= 0.6 is 0 Å². The number of hydrogen-bond donors (Lipinski definition) is 1. The summed E-state index contributed by atoms with van der Waals surface area (Å²) in [5.74, 6) is 1.07. The van der Waals surface area contributed by atoms with Crippen molar-refractivity contribution in [2.75, 3.05) is 25.0 Å². The van der Waals surface area contributed by atoms with Gasteiger partial charge in [-0.05, 0) is 26.8 Å².